The number of rotatable bonds is 3. The van der Waals surface area contributed by atoms with Crippen molar-refractivity contribution >= 4 is 18.1 Å². The van der Waals surface area contributed by atoms with E-state index in [0.29, 0.717) is 5.69 Å². The lowest BCUT2D eigenvalue weighted by Gasteiger charge is -1.97. The number of aryl methyl sites for hydroxylation is 1. The molecule has 0 spiro atoms. The van der Waals surface area contributed by atoms with Crippen molar-refractivity contribution in [3.05, 3.63) is 65.0 Å². The van der Waals surface area contributed by atoms with Gasteiger partial charge >= 0.3 is 5.97 Å². The van der Waals surface area contributed by atoms with Gasteiger partial charge in [-0.25, -0.2) is 9.78 Å². The molecule has 0 radical (unpaired) electrons. The lowest BCUT2D eigenvalue weighted by molar-refractivity contribution is 0.0690. The van der Waals surface area contributed by atoms with Gasteiger partial charge in [0.25, 0.3) is 0 Å². The zero-order chi connectivity index (χ0) is 13.0. The molecule has 0 saturated heterocycles. The van der Waals surface area contributed by atoms with Gasteiger partial charge in [0.2, 0.25) is 0 Å². The van der Waals surface area contributed by atoms with Gasteiger partial charge in [0.15, 0.2) is 0 Å². The van der Waals surface area contributed by atoms with Crippen LogP contribution in [0.4, 0.5) is 0 Å². The average Bonchev–Trinajstić information content (AvgIpc) is 2.38. The summed E-state index contributed by atoms with van der Waals surface area (Å²) in [5.41, 5.74) is 2.96. The molecule has 2 aromatic rings. The molecule has 18 heavy (non-hydrogen) atoms. The zero-order valence-corrected chi connectivity index (χ0v) is 10.00. The number of nitrogens with zero attached hydrogens (tertiary/aromatic N) is 1. The minimum Gasteiger partial charge on any atom is -0.477 e. The van der Waals surface area contributed by atoms with Crippen molar-refractivity contribution in [2.24, 2.45) is 0 Å². The normalized spacial score (nSPS) is 10.7. The fraction of sp³-hybridized carbons (Fsp3) is 0.0667. The molecule has 0 unspecified atom stereocenters. The Labute approximate surface area is 105 Å². The Kier molecular flexibility index (Phi) is 3.53. The predicted molar refractivity (Wildman–Crippen MR) is 71.3 cm³/mol. The van der Waals surface area contributed by atoms with Crippen LogP contribution in [-0.4, -0.2) is 16.1 Å². The van der Waals surface area contributed by atoms with Crippen molar-refractivity contribution in [3.63, 3.8) is 0 Å². The van der Waals surface area contributed by atoms with Crippen LogP contribution in [0.15, 0.2) is 42.5 Å². The molecule has 0 bridgehead atoms. The highest BCUT2D eigenvalue weighted by molar-refractivity contribution is 5.85. The maximum atomic E-state index is 10.8. The summed E-state index contributed by atoms with van der Waals surface area (Å²) in [6.45, 7) is 2.03. The Hall–Kier alpha value is -2.42. The second-order valence-corrected chi connectivity index (χ2v) is 4.00. The van der Waals surface area contributed by atoms with E-state index < -0.39 is 5.97 Å². The number of hydrogen-bond acceptors (Lipinski definition) is 2. The first-order chi connectivity index (χ1) is 8.65. The Balaban J connectivity index is 2.20. The van der Waals surface area contributed by atoms with Crippen LogP contribution in [0, 0.1) is 6.92 Å². The largest absolute Gasteiger partial charge is 0.477 e. The van der Waals surface area contributed by atoms with Gasteiger partial charge in [-0.3, -0.25) is 0 Å². The lowest BCUT2D eigenvalue weighted by atomic mass is 10.1. The Morgan fingerprint density at radius 2 is 1.83 bits per heavy atom. The fourth-order valence-corrected chi connectivity index (χ4v) is 1.52. The van der Waals surface area contributed by atoms with Gasteiger partial charge in [0.05, 0.1) is 5.69 Å². The summed E-state index contributed by atoms with van der Waals surface area (Å²) in [6.07, 6.45) is 3.71. The number of aromatic nitrogens is 1. The van der Waals surface area contributed by atoms with Crippen LogP contribution in [0.3, 0.4) is 0 Å². The average molecular weight is 239 g/mol. The second-order valence-electron chi connectivity index (χ2n) is 4.00. The van der Waals surface area contributed by atoms with Gasteiger partial charge in [-0.1, -0.05) is 42.0 Å². The molecule has 1 aromatic heterocycles. The molecule has 2 rings (SSSR count). The summed E-state index contributed by atoms with van der Waals surface area (Å²) in [5, 5.41) is 8.84. The van der Waals surface area contributed by atoms with Crippen molar-refractivity contribution in [1.29, 1.82) is 0 Å². The number of carboxylic acids is 1. The van der Waals surface area contributed by atoms with E-state index in [4.69, 9.17) is 5.11 Å². The van der Waals surface area contributed by atoms with E-state index in [-0.39, 0.29) is 5.69 Å². The van der Waals surface area contributed by atoms with Crippen LogP contribution in [-0.2, 0) is 0 Å². The molecule has 0 aliphatic carbocycles. The predicted octanol–water partition coefficient (Wildman–Crippen LogP) is 3.26. The van der Waals surface area contributed by atoms with Crippen molar-refractivity contribution in [3.8, 4) is 0 Å². The molecule has 0 aliphatic heterocycles. The monoisotopic (exact) mass is 239 g/mol. The third-order valence-electron chi connectivity index (χ3n) is 2.51. The molecule has 1 aromatic carbocycles. The Morgan fingerprint density at radius 3 is 2.50 bits per heavy atom. The number of carbonyl (C=O) groups is 1. The molecule has 1 heterocycles. The molecule has 0 fully saturated rings. The van der Waals surface area contributed by atoms with Crippen molar-refractivity contribution < 1.29 is 9.90 Å². The summed E-state index contributed by atoms with van der Waals surface area (Å²) in [4.78, 5) is 14.8. The van der Waals surface area contributed by atoms with Gasteiger partial charge in [-0.2, -0.15) is 0 Å². The highest BCUT2D eigenvalue weighted by Gasteiger charge is 2.02. The first-order valence-electron chi connectivity index (χ1n) is 5.60. The van der Waals surface area contributed by atoms with Gasteiger partial charge in [-0.05, 0) is 30.7 Å². The van der Waals surface area contributed by atoms with Crippen molar-refractivity contribution in [2.75, 3.05) is 0 Å². The number of carboxylic acid groups (broad SMARTS) is 1. The number of hydrogen-bond donors (Lipinski definition) is 1. The molecular formula is C15H13NO2. The summed E-state index contributed by atoms with van der Waals surface area (Å²) < 4.78 is 0. The number of pyridine rings is 1. The van der Waals surface area contributed by atoms with Crippen LogP contribution in [0.5, 0.6) is 0 Å². The highest BCUT2D eigenvalue weighted by Crippen LogP contribution is 2.08. The van der Waals surface area contributed by atoms with E-state index in [1.165, 1.54) is 11.6 Å². The van der Waals surface area contributed by atoms with Gasteiger partial charge in [0, 0.05) is 0 Å². The topological polar surface area (TPSA) is 50.2 Å². The molecule has 1 N–H and O–H groups in total. The number of benzene rings is 1. The first-order valence-corrected chi connectivity index (χ1v) is 5.60. The maximum absolute atomic E-state index is 10.8. The molecule has 3 nitrogen and oxygen atoms in total. The highest BCUT2D eigenvalue weighted by atomic mass is 16.4. The summed E-state index contributed by atoms with van der Waals surface area (Å²) >= 11 is 0. The zero-order valence-electron chi connectivity index (χ0n) is 10.00. The van der Waals surface area contributed by atoms with E-state index in [0.717, 1.165) is 5.56 Å². The molecule has 90 valence electrons. The van der Waals surface area contributed by atoms with E-state index in [1.54, 1.807) is 18.2 Å². The van der Waals surface area contributed by atoms with Gasteiger partial charge in [-0.15, -0.1) is 0 Å². The number of aromatic carboxylic acids is 1. The van der Waals surface area contributed by atoms with E-state index in [1.807, 2.05) is 37.3 Å². The molecule has 0 saturated carbocycles. The molecule has 0 atom stereocenters. The van der Waals surface area contributed by atoms with Gasteiger partial charge in [0.1, 0.15) is 5.69 Å². The van der Waals surface area contributed by atoms with E-state index in [2.05, 4.69) is 4.98 Å². The minimum atomic E-state index is -1.01. The van der Waals surface area contributed by atoms with Crippen LogP contribution >= 0.6 is 0 Å². The Bertz CT molecular complexity index is 586. The Morgan fingerprint density at radius 1 is 1.11 bits per heavy atom. The summed E-state index contributed by atoms with van der Waals surface area (Å²) in [7, 11) is 0. The SMILES string of the molecule is Cc1ccc(C=Cc2cccc(C(=O)O)n2)cc1. The standard InChI is InChI=1S/C15H13NO2/c1-11-5-7-12(8-6-11)9-10-13-3-2-4-14(16-13)15(17)18/h2-10H,1H3,(H,17,18). The lowest BCUT2D eigenvalue weighted by Crippen LogP contribution is -2.00. The van der Waals surface area contributed by atoms with E-state index >= 15 is 0 Å². The van der Waals surface area contributed by atoms with Crippen LogP contribution < -0.4 is 0 Å². The first kappa shape index (κ1) is 12.0. The third kappa shape index (κ3) is 3.04. The quantitative estimate of drug-likeness (QED) is 0.894. The maximum Gasteiger partial charge on any atom is 0.354 e. The smallest absolute Gasteiger partial charge is 0.354 e. The second kappa shape index (κ2) is 5.27. The van der Waals surface area contributed by atoms with Gasteiger partial charge < -0.3 is 5.11 Å². The van der Waals surface area contributed by atoms with Crippen LogP contribution in [0.1, 0.15) is 27.3 Å². The molecule has 3 heteroatoms. The minimum absolute atomic E-state index is 0.0565. The summed E-state index contributed by atoms with van der Waals surface area (Å²) in [5.74, 6) is -1.01. The van der Waals surface area contributed by atoms with Crippen molar-refractivity contribution in [1.82, 2.24) is 4.98 Å². The van der Waals surface area contributed by atoms with Crippen LogP contribution in [0.2, 0.25) is 0 Å². The van der Waals surface area contributed by atoms with E-state index in [9.17, 15) is 4.79 Å². The third-order valence-corrected chi connectivity index (χ3v) is 2.51. The molecule has 0 amide bonds. The summed E-state index contributed by atoms with van der Waals surface area (Å²) in [6, 6.07) is 13.0. The van der Waals surface area contributed by atoms with Crippen molar-refractivity contribution in [2.45, 2.75) is 6.92 Å². The fourth-order valence-electron chi connectivity index (χ4n) is 1.52. The molecule has 0 aliphatic rings. The van der Waals surface area contributed by atoms with Crippen LogP contribution in [0.25, 0.3) is 12.2 Å². The molecular weight excluding hydrogens is 226 g/mol.